The minimum absolute atomic E-state index is 0.539. The first kappa shape index (κ1) is 14.4. The van der Waals surface area contributed by atoms with Gasteiger partial charge in [0.15, 0.2) is 6.29 Å². The number of hydrogen-bond acceptors (Lipinski definition) is 3. The third-order valence-corrected chi connectivity index (χ3v) is 3.81. The topological polar surface area (TPSA) is 23.6 Å². The predicted molar refractivity (Wildman–Crippen MR) is 80.3 cm³/mol. The van der Waals surface area contributed by atoms with E-state index in [4.69, 9.17) is 11.6 Å². The van der Waals surface area contributed by atoms with Crippen molar-refractivity contribution in [3.8, 4) is 0 Å². The van der Waals surface area contributed by atoms with Gasteiger partial charge >= 0.3 is 0 Å². The van der Waals surface area contributed by atoms with Crippen LogP contribution in [0, 0.1) is 5.92 Å². The van der Waals surface area contributed by atoms with Crippen molar-refractivity contribution in [1.29, 1.82) is 0 Å². The molecular weight excluding hydrogens is 260 g/mol. The summed E-state index contributed by atoms with van der Waals surface area (Å²) in [7, 11) is 0. The number of aldehydes is 1. The first-order valence-corrected chi connectivity index (χ1v) is 7.20. The SMILES string of the molecule is CC(C)CN1CCN(c2cccc(Cl)c2C=O)CC1. The third kappa shape index (κ3) is 3.48. The van der Waals surface area contributed by atoms with Crippen LogP contribution in [0.15, 0.2) is 18.2 Å². The molecule has 104 valence electrons. The molecule has 0 saturated carbocycles. The minimum atomic E-state index is 0.539. The van der Waals surface area contributed by atoms with Crippen molar-refractivity contribution in [3.05, 3.63) is 28.8 Å². The number of carbonyl (C=O) groups is 1. The lowest BCUT2D eigenvalue weighted by molar-refractivity contribution is 0.112. The molecular formula is C15H21ClN2O. The van der Waals surface area contributed by atoms with Crippen LogP contribution in [-0.2, 0) is 0 Å². The molecule has 2 rings (SSSR count). The standard InChI is InChI=1S/C15H21ClN2O/c1-12(2)10-17-6-8-18(9-7-17)15-5-3-4-14(16)13(15)11-19/h3-5,11-12H,6-10H2,1-2H3. The van der Waals surface area contributed by atoms with Crippen LogP contribution in [0.4, 0.5) is 5.69 Å². The molecule has 1 aliphatic heterocycles. The molecule has 4 heteroatoms. The summed E-state index contributed by atoms with van der Waals surface area (Å²) in [5, 5.41) is 0.539. The van der Waals surface area contributed by atoms with Crippen molar-refractivity contribution >= 4 is 23.6 Å². The summed E-state index contributed by atoms with van der Waals surface area (Å²) in [5.41, 5.74) is 1.58. The zero-order valence-electron chi connectivity index (χ0n) is 11.6. The van der Waals surface area contributed by atoms with Crippen molar-refractivity contribution < 1.29 is 4.79 Å². The summed E-state index contributed by atoms with van der Waals surface area (Å²) in [6.07, 6.45) is 0.859. The fraction of sp³-hybridized carbons (Fsp3) is 0.533. The smallest absolute Gasteiger partial charge is 0.153 e. The van der Waals surface area contributed by atoms with E-state index < -0.39 is 0 Å². The monoisotopic (exact) mass is 280 g/mol. The van der Waals surface area contributed by atoms with Crippen molar-refractivity contribution in [1.82, 2.24) is 4.90 Å². The molecule has 0 aliphatic carbocycles. The highest BCUT2D eigenvalue weighted by Gasteiger charge is 2.20. The van der Waals surface area contributed by atoms with Gasteiger partial charge in [-0.15, -0.1) is 0 Å². The maximum absolute atomic E-state index is 11.2. The number of benzene rings is 1. The maximum Gasteiger partial charge on any atom is 0.153 e. The van der Waals surface area contributed by atoms with Crippen LogP contribution < -0.4 is 4.90 Å². The Balaban J connectivity index is 2.05. The Morgan fingerprint density at radius 2 is 1.95 bits per heavy atom. The van der Waals surface area contributed by atoms with E-state index in [0.29, 0.717) is 16.5 Å². The highest BCUT2D eigenvalue weighted by atomic mass is 35.5. The summed E-state index contributed by atoms with van der Waals surface area (Å²) in [6, 6.07) is 5.66. The van der Waals surface area contributed by atoms with E-state index in [1.54, 1.807) is 6.07 Å². The van der Waals surface area contributed by atoms with Crippen LogP contribution in [0.3, 0.4) is 0 Å². The number of anilines is 1. The Bertz CT molecular complexity index is 440. The van der Waals surface area contributed by atoms with Crippen LogP contribution in [0.1, 0.15) is 24.2 Å². The normalized spacial score (nSPS) is 16.9. The minimum Gasteiger partial charge on any atom is -0.368 e. The summed E-state index contributed by atoms with van der Waals surface area (Å²) in [5.74, 6) is 0.697. The van der Waals surface area contributed by atoms with E-state index in [1.807, 2.05) is 12.1 Å². The Labute approximate surface area is 120 Å². The second kappa shape index (κ2) is 6.40. The molecule has 0 bridgehead atoms. The van der Waals surface area contributed by atoms with Gasteiger partial charge in [-0.3, -0.25) is 9.69 Å². The van der Waals surface area contributed by atoms with Gasteiger partial charge < -0.3 is 4.90 Å². The summed E-state index contributed by atoms with van der Waals surface area (Å²) >= 11 is 6.08. The Kier molecular flexibility index (Phi) is 4.83. The van der Waals surface area contributed by atoms with Gasteiger partial charge in [0, 0.05) is 38.4 Å². The molecule has 1 aromatic rings. The van der Waals surface area contributed by atoms with Crippen LogP contribution in [0.25, 0.3) is 0 Å². The summed E-state index contributed by atoms with van der Waals surface area (Å²) in [6.45, 7) is 9.62. The highest BCUT2D eigenvalue weighted by Crippen LogP contribution is 2.26. The molecule has 1 aromatic carbocycles. The number of rotatable bonds is 4. The molecule has 0 unspecified atom stereocenters. The fourth-order valence-corrected chi connectivity index (χ4v) is 2.82. The van der Waals surface area contributed by atoms with Crippen LogP contribution in [-0.4, -0.2) is 43.9 Å². The average molecular weight is 281 g/mol. The van der Waals surface area contributed by atoms with Gasteiger partial charge in [-0.2, -0.15) is 0 Å². The number of carbonyl (C=O) groups excluding carboxylic acids is 1. The van der Waals surface area contributed by atoms with Crippen LogP contribution in [0.5, 0.6) is 0 Å². The number of piperazine rings is 1. The Hall–Kier alpha value is -1.06. The number of hydrogen-bond donors (Lipinski definition) is 0. The lowest BCUT2D eigenvalue weighted by Gasteiger charge is -2.37. The molecule has 1 heterocycles. The largest absolute Gasteiger partial charge is 0.368 e. The molecule has 0 aromatic heterocycles. The zero-order valence-corrected chi connectivity index (χ0v) is 12.4. The van der Waals surface area contributed by atoms with Gasteiger partial charge in [-0.25, -0.2) is 0 Å². The van der Waals surface area contributed by atoms with E-state index in [2.05, 4.69) is 23.6 Å². The van der Waals surface area contributed by atoms with Gasteiger partial charge in [0.2, 0.25) is 0 Å². The number of halogens is 1. The summed E-state index contributed by atoms with van der Waals surface area (Å²) < 4.78 is 0. The van der Waals surface area contributed by atoms with E-state index >= 15 is 0 Å². The lowest BCUT2D eigenvalue weighted by Crippen LogP contribution is -2.47. The van der Waals surface area contributed by atoms with Gasteiger partial charge in [-0.05, 0) is 18.1 Å². The zero-order chi connectivity index (χ0) is 13.8. The first-order valence-electron chi connectivity index (χ1n) is 6.83. The Morgan fingerprint density at radius 3 is 2.53 bits per heavy atom. The quantitative estimate of drug-likeness (QED) is 0.793. The average Bonchev–Trinajstić information content (AvgIpc) is 2.38. The van der Waals surface area contributed by atoms with Gasteiger partial charge in [0.1, 0.15) is 0 Å². The second-order valence-corrected chi connectivity index (χ2v) is 5.88. The van der Waals surface area contributed by atoms with E-state index in [0.717, 1.165) is 44.7 Å². The molecule has 19 heavy (non-hydrogen) atoms. The van der Waals surface area contributed by atoms with Gasteiger partial charge in [-0.1, -0.05) is 31.5 Å². The maximum atomic E-state index is 11.2. The molecule has 1 saturated heterocycles. The molecule has 1 aliphatic rings. The molecule has 0 atom stereocenters. The van der Waals surface area contributed by atoms with E-state index in [1.165, 1.54) is 0 Å². The molecule has 0 N–H and O–H groups in total. The molecule has 0 amide bonds. The fourth-order valence-electron chi connectivity index (χ4n) is 2.61. The molecule has 3 nitrogen and oxygen atoms in total. The number of nitrogens with zero attached hydrogens (tertiary/aromatic N) is 2. The molecule has 1 fully saturated rings. The van der Waals surface area contributed by atoms with Crippen molar-refractivity contribution in [2.45, 2.75) is 13.8 Å². The van der Waals surface area contributed by atoms with E-state index in [-0.39, 0.29) is 0 Å². The van der Waals surface area contributed by atoms with Crippen LogP contribution >= 0.6 is 11.6 Å². The second-order valence-electron chi connectivity index (χ2n) is 5.47. The lowest BCUT2D eigenvalue weighted by atomic mass is 10.1. The van der Waals surface area contributed by atoms with Crippen molar-refractivity contribution in [2.75, 3.05) is 37.6 Å². The van der Waals surface area contributed by atoms with E-state index in [9.17, 15) is 4.79 Å². The van der Waals surface area contributed by atoms with Crippen molar-refractivity contribution in [3.63, 3.8) is 0 Å². The first-order chi connectivity index (χ1) is 9.11. The highest BCUT2D eigenvalue weighted by molar-refractivity contribution is 6.33. The third-order valence-electron chi connectivity index (χ3n) is 3.48. The van der Waals surface area contributed by atoms with Crippen molar-refractivity contribution in [2.24, 2.45) is 5.92 Å². The van der Waals surface area contributed by atoms with Gasteiger partial charge in [0.25, 0.3) is 0 Å². The van der Waals surface area contributed by atoms with Gasteiger partial charge in [0.05, 0.1) is 10.6 Å². The molecule has 0 radical (unpaired) electrons. The van der Waals surface area contributed by atoms with Crippen LogP contribution in [0.2, 0.25) is 5.02 Å². The Morgan fingerprint density at radius 1 is 1.26 bits per heavy atom. The molecule has 0 spiro atoms. The predicted octanol–water partition coefficient (Wildman–Crippen LogP) is 2.93. The summed E-state index contributed by atoms with van der Waals surface area (Å²) in [4.78, 5) is 15.9.